The summed E-state index contributed by atoms with van der Waals surface area (Å²) in [5.41, 5.74) is 6.01. The number of thiazole rings is 1. The average Bonchev–Trinajstić information content (AvgIpc) is 3.55. The second kappa shape index (κ2) is 12.7. The van der Waals surface area contributed by atoms with Crippen LogP contribution in [0.5, 0.6) is 0 Å². The van der Waals surface area contributed by atoms with Crippen LogP contribution in [0.25, 0.3) is 10.4 Å². The number of hydrogen-bond acceptors (Lipinski definition) is 6. The molecule has 0 bridgehead atoms. The Balaban J connectivity index is 1.42. The number of aliphatic hydroxyl groups excluding tert-OH is 1. The van der Waals surface area contributed by atoms with Gasteiger partial charge in [0.15, 0.2) is 0 Å². The zero-order valence-electron chi connectivity index (χ0n) is 22.6. The highest BCUT2D eigenvalue weighted by Crippen LogP contribution is 2.27. The van der Waals surface area contributed by atoms with Crippen molar-refractivity contribution in [3.63, 3.8) is 0 Å². The highest BCUT2D eigenvalue weighted by atomic mass is 32.1. The van der Waals surface area contributed by atoms with E-state index in [4.69, 9.17) is 0 Å². The molecule has 2 amide bonds. The average molecular weight is 535 g/mol. The van der Waals surface area contributed by atoms with Gasteiger partial charge in [-0.05, 0) is 36.5 Å². The Kier molecular flexibility index (Phi) is 9.31. The van der Waals surface area contributed by atoms with Crippen LogP contribution in [-0.2, 0) is 16.1 Å². The van der Waals surface area contributed by atoms with Gasteiger partial charge >= 0.3 is 0 Å². The molecule has 1 aromatic heterocycles. The van der Waals surface area contributed by atoms with E-state index in [-0.39, 0.29) is 36.7 Å². The van der Waals surface area contributed by atoms with Crippen molar-refractivity contribution >= 4 is 23.2 Å². The van der Waals surface area contributed by atoms with Gasteiger partial charge in [-0.15, -0.1) is 11.3 Å². The molecule has 1 saturated heterocycles. The monoisotopic (exact) mass is 534 g/mol. The van der Waals surface area contributed by atoms with E-state index in [0.717, 1.165) is 33.7 Å². The number of aryl methyl sites for hydroxylation is 1. The van der Waals surface area contributed by atoms with Crippen LogP contribution in [0.2, 0.25) is 0 Å². The maximum Gasteiger partial charge on any atom is 0.243 e. The third-order valence-electron chi connectivity index (χ3n) is 7.50. The van der Waals surface area contributed by atoms with Crippen LogP contribution < -0.4 is 10.6 Å². The smallest absolute Gasteiger partial charge is 0.243 e. The first-order valence-corrected chi connectivity index (χ1v) is 14.2. The molecule has 2 aromatic carbocycles. The summed E-state index contributed by atoms with van der Waals surface area (Å²) in [7, 11) is 0. The molecule has 0 spiro atoms. The first kappa shape index (κ1) is 28.0. The number of rotatable bonds is 10. The second-order valence-electron chi connectivity index (χ2n) is 10.2. The molecule has 1 unspecified atom stereocenters. The third-order valence-corrected chi connectivity index (χ3v) is 8.48. The van der Waals surface area contributed by atoms with Gasteiger partial charge in [-0.3, -0.25) is 14.9 Å². The quantitative estimate of drug-likeness (QED) is 0.357. The van der Waals surface area contributed by atoms with Gasteiger partial charge in [-0.2, -0.15) is 0 Å². The molecule has 1 fully saturated rings. The first-order valence-electron chi connectivity index (χ1n) is 13.3. The van der Waals surface area contributed by atoms with Crippen molar-refractivity contribution in [2.24, 2.45) is 5.92 Å². The van der Waals surface area contributed by atoms with Crippen molar-refractivity contribution < 1.29 is 14.7 Å². The van der Waals surface area contributed by atoms with Gasteiger partial charge in [0, 0.05) is 25.6 Å². The zero-order chi connectivity index (χ0) is 27.2. The molecule has 1 aliphatic rings. The largest absolute Gasteiger partial charge is 0.391 e. The fraction of sp³-hybridized carbons (Fsp3) is 0.433. The van der Waals surface area contributed by atoms with Crippen LogP contribution in [0.3, 0.4) is 0 Å². The van der Waals surface area contributed by atoms with E-state index < -0.39 is 18.2 Å². The summed E-state index contributed by atoms with van der Waals surface area (Å²) in [5.74, 6) is -0.310. The molecule has 3 N–H and O–H groups in total. The molecule has 1 aliphatic heterocycles. The number of amides is 2. The minimum absolute atomic E-state index is 0.0318. The summed E-state index contributed by atoms with van der Waals surface area (Å²) < 4.78 is 0. The van der Waals surface area contributed by atoms with Crippen LogP contribution in [0.1, 0.15) is 56.5 Å². The molecular formula is C30H38N4O3S. The minimum Gasteiger partial charge on any atom is -0.391 e. The van der Waals surface area contributed by atoms with E-state index in [9.17, 15) is 14.7 Å². The van der Waals surface area contributed by atoms with Crippen LogP contribution in [0.15, 0.2) is 60.1 Å². The van der Waals surface area contributed by atoms with Gasteiger partial charge in [0.1, 0.15) is 6.04 Å². The lowest BCUT2D eigenvalue weighted by Gasteiger charge is -2.33. The molecule has 202 valence electrons. The number of nitrogens with one attached hydrogen (secondary N) is 2. The van der Waals surface area contributed by atoms with Crippen molar-refractivity contribution in [2.75, 3.05) is 6.54 Å². The highest BCUT2D eigenvalue weighted by Gasteiger charge is 2.42. The Bertz CT molecular complexity index is 1210. The van der Waals surface area contributed by atoms with Crippen molar-refractivity contribution in [3.05, 3.63) is 76.9 Å². The lowest BCUT2D eigenvalue weighted by Crippen LogP contribution is -2.54. The van der Waals surface area contributed by atoms with E-state index in [1.54, 1.807) is 16.2 Å². The molecule has 2 heterocycles. The number of hydrogen-bond donors (Lipinski definition) is 3. The maximum absolute atomic E-state index is 13.8. The van der Waals surface area contributed by atoms with Gasteiger partial charge in [-0.25, -0.2) is 4.98 Å². The summed E-state index contributed by atoms with van der Waals surface area (Å²) in [6.07, 6.45) is 0.332. The topological polar surface area (TPSA) is 94.6 Å². The lowest BCUT2D eigenvalue weighted by molar-refractivity contribution is -0.141. The normalized spacial score (nSPS) is 19.7. The van der Waals surface area contributed by atoms with E-state index in [1.165, 1.54) is 0 Å². The summed E-state index contributed by atoms with van der Waals surface area (Å²) in [6.45, 7) is 8.66. The predicted molar refractivity (Wildman–Crippen MR) is 151 cm³/mol. The number of aliphatic hydroxyl groups is 1. The summed E-state index contributed by atoms with van der Waals surface area (Å²) in [5, 5.41) is 16.9. The van der Waals surface area contributed by atoms with E-state index in [1.807, 2.05) is 80.9 Å². The molecule has 0 aliphatic carbocycles. The molecule has 3 aromatic rings. The molecule has 8 heteroatoms. The van der Waals surface area contributed by atoms with Gasteiger partial charge in [-0.1, -0.05) is 74.9 Å². The number of benzene rings is 2. The molecule has 7 nitrogen and oxygen atoms in total. The predicted octanol–water partition coefficient (Wildman–Crippen LogP) is 4.46. The number of aromatic nitrogens is 1. The Morgan fingerprint density at radius 1 is 1.13 bits per heavy atom. The fourth-order valence-corrected chi connectivity index (χ4v) is 5.78. The molecule has 38 heavy (non-hydrogen) atoms. The Morgan fingerprint density at radius 2 is 1.84 bits per heavy atom. The van der Waals surface area contributed by atoms with Crippen molar-refractivity contribution in [1.29, 1.82) is 0 Å². The van der Waals surface area contributed by atoms with Crippen LogP contribution in [-0.4, -0.2) is 51.5 Å². The number of likely N-dealkylation sites (tertiary alicyclic amines) is 1. The summed E-state index contributed by atoms with van der Waals surface area (Å²) >= 11 is 1.61. The summed E-state index contributed by atoms with van der Waals surface area (Å²) in [6, 6.07) is 16.9. The van der Waals surface area contributed by atoms with Gasteiger partial charge in [0.05, 0.1) is 28.2 Å². The van der Waals surface area contributed by atoms with Crippen LogP contribution >= 0.6 is 11.3 Å². The summed E-state index contributed by atoms with van der Waals surface area (Å²) in [4.78, 5) is 34.0. The van der Waals surface area contributed by atoms with Crippen molar-refractivity contribution in [3.8, 4) is 10.4 Å². The maximum atomic E-state index is 13.8. The molecule has 4 rings (SSSR count). The van der Waals surface area contributed by atoms with Gasteiger partial charge < -0.3 is 15.3 Å². The first-order chi connectivity index (χ1) is 18.3. The van der Waals surface area contributed by atoms with Crippen molar-refractivity contribution in [1.82, 2.24) is 20.5 Å². The highest BCUT2D eigenvalue weighted by molar-refractivity contribution is 7.13. The molecule has 0 radical (unpaired) electrons. The minimum atomic E-state index is -0.722. The standard InChI is InChI=1S/C30H38N4O3S/c1-5-19(2)27(33-20(3)23-9-7-6-8-10-23)30(37)34-17-25(35)15-26(34)29(36)31-16-22-11-13-24(14-12-22)28-21(4)32-18-38-28/h6-14,18-20,25-27,33,35H,5,15-17H2,1-4H3,(H,31,36)/t19-,20?,25+,26-,27-/m0/s1. The Morgan fingerprint density at radius 3 is 2.47 bits per heavy atom. The number of β-amino-alcohol motifs (C(OH)–C–C–N with tert-alkyl or cyclic N) is 1. The lowest BCUT2D eigenvalue weighted by atomic mass is 9.95. The molecule has 5 atom stereocenters. The third kappa shape index (κ3) is 6.49. The van der Waals surface area contributed by atoms with E-state index in [0.29, 0.717) is 6.54 Å². The SMILES string of the molecule is CC[C@H](C)[C@H](NC(C)c1ccccc1)C(=O)N1C[C@H](O)C[C@H]1C(=O)NCc1ccc(-c2scnc2C)cc1. The number of nitrogens with zero attached hydrogens (tertiary/aromatic N) is 2. The van der Waals surface area contributed by atoms with Gasteiger partial charge in [0.25, 0.3) is 0 Å². The Hall–Kier alpha value is -3.07. The second-order valence-corrected chi connectivity index (χ2v) is 11.1. The number of carbonyl (C=O) groups is 2. The Labute approximate surface area is 229 Å². The van der Waals surface area contributed by atoms with E-state index >= 15 is 0 Å². The van der Waals surface area contributed by atoms with Crippen LogP contribution in [0, 0.1) is 12.8 Å². The fourth-order valence-electron chi connectivity index (χ4n) is 4.97. The van der Waals surface area contributed by atoms with Gasteiger partial charge in [0.2, 0.25) is 11.8 Å². The van der Waals surface area contributed by atoms with Crippen LogP contribution in [0.4, 0.5) is 0 Å². The zero-order valence-corrected chi connectivity index (χ0v) is 23.4. The van der Waals surface area contributed by atoms with E-state index in [2.05, 4.69) is 22.5 Å². The number of carbonyl (C=O) groups excluding carboxylic acids is 2. The van der Waals surface area contributed by atoms with Crippen molar-refractivity contribution in [2.45, 2.75) is 71.3 Å². The molecular weight excluding hydrogens is 496 g/mol. The molecule has 0 saturated carbocycles.